The van der Waals surface area contributed by atoms with Crippen molar-refractivity contribution in [1.82, 2.24) is 0 Å². The molecule has 1 N–H and O–H groups in total. The number of benzene rings is 2. The van der Waals surface area contributed by atoms with Gasteiger partial charge in [0, 0.05) is 5.57 Å². The minimum absolute atomic E-state index is 0.173. The fraction of sp³-hybridized carbons (Fsp3) is 0.120. The van der Waals surface area contributed by atoms with Crippen LogP contribution in [0.15, 0.2) is 96.3 Å². The molecule has 1 unspecified atom stereocenters. The predicted molar refractivity (Wildman–Crippen MR) is 113 cm³/mol. The third-order valence-electron chi connectivity index (χ3n) is 5.13. The first-order valence-electron chi connectivity index (χ1n) is 9.20. The Kier molecular flexibility index (Phi) is 4.90. The minimum Gasteiger partial charge on any atom is -0.511 e. The fourth-order valence-electron chi connectivity index (χ4n) is 3.61. The van der Waals surface area contributed by atoms with Gasteiger partial charge in [0.25, 0.3) is 0 Å². The van der Waals surface area contributed by atoms with Crippen LogP contribution in [0.4, 0.5) is 0 Å². The van der Waals surface area contributed by atoms with Crippen LogP contribution in [0.25, 0.3) is 11.1 Å². The van der Waals surface area contributed by atoms with Crippen LogP contribution < -0.4 is 9.47 Å². The summed E-state index contributed by atoms with van der Waals surface area (Å²) in [6.45, 7) is 0. The van der Waals surface area contributed by atoms with Gasteiger partial charge in [0.1, 0.15) is 17.3 Å². The van der Waals surface area contributed by atoms with Gasteiger partial charge in [-0.05, 0) is 46.5 Å². The Morgan fingerprint density at radius 1 is 0.786 bits per heavy atom. The van der Waals surface area contributed by atoms with Crippen LogP contribution in [0.3, 0.4) is 0 Å². The van der Waals surface area contributed by atoms with Crippen molar-refractivity contribution < 1.29 is 14.6 Å². The van der Waals surface area contributed by atoms with E-state index in [4.69, 9.17) is 9.47 Å². The normalized spacial score (nSPS) is 19.4. The Morgan fingerprint density at radius 2 is 1.39 bits per heavy atom. The zero-order valence-electron chi connectivity index (χ0n) is 15.9. The van der Waals surface area contributed by atoms with E-state index >= 15 is 0 Å². The number of ether oxygens (including phenoxy) is 2. The number of hydrogen-bond acceptors (Lipinski definition) is 3. The largest absolute Gasteiger partial charge is 0.511 e. The molecule has 0 radical (unpaired) electrons. The molecule has 0 fully saturated rings. The molecule has 0 spiro atoms. The summed E-state index contributed by atoms with van der Waals surface area (Å²) in [5.41, 5.74) is 5.04. The average molecular weight is 370 g/mol. The smallest absolute Gasteiger partial charge is 0.118 e. The molecular formula is C25H22O3. The van der Waals surface area contributed by atoms with E-state index in [2.05, 4.69) is 6.08 Å². The lowest BCUT2D eigenvalue weighted by Gasteiger charge is -2.17. The molecule has 3 nitrogen and oxygen atoms in total. The summed E-state index contributed by atoms with van der Waals surface area (Å²) < 4.78 is 10.5. The summed E-state index contributed by atoms with van der Waals surface area (Å²) in [5.74, 6) is 1.81. The van der Waals surface area contributed by atoms with Gasteiger partial charge in [0.2, 0.25) is 0 Å². The van der Waals surface area contributed by atoms with E-state index in [-0.39, 0.29) is 5.92 Å². The summed E-state index contributed by atoms with van der Waals surface area (Å²) in [6, 6.07) is 15.8. The SMILES string of the molecule is COc1ccc(C2=CC=CC2=C(O)C2C=CC=C2c2ccc(OC)cc2)cc1. The summed E-state index contributed by atoms with van der Waals surface area (Å²) in [5, 5.41) is 11.2. The van der Waals surface area contributed by atoms with E-state index in [1.165, 1.54) is 0 Å². The summed E-state index contributed by atoms with van der Waals surface area (Å²) >= 11 is 0. The Morgan fingerprint density at radius 3 is 2.00 bits per heavy atom. The van der Waals surface area contributed by atoms with Gasteiger partial charge in [0.15, 0.2) is 0 Å². The second kappa shape index (κ2) is 7.65. The molecule has 0 amide bonds. The predicted octanol–water partition coefficient (Wildman–Crippen LogP) is 5.74. The molecule has 0 heterocycles. The van der Waals surface area contributed by atoms with E-state index in [1.807, 2.05) is 78.9 Å². The molecule has 3 heteroatoms. The molecule has 2 aliphatic rings. The van der Waals surface area contributed by atoms with Crippen molar-refractivity contribution in [1.29, 1.82) is 0 Å². The van der Waals surface area contributed by atoms with Crippen molar-refractivity contribution in [2.45, 2.75) is 0 Å². The highest BCUT2D eigenvalue weighted by Crippen LogP contribution is 2.40. The van der Waals surface area contributed by atoms with Gasteiger partial charge in [-0.2, -0.15) is 0 Å². The van der Waals surface area contributed by atoms with E-state index < -0.39 is 0 Å². The van der Waals surface area contributed by atoms with Crippen LogP contribution in [-0.4, -0.2) is 19.3 Å². The van der Waals surface area contributed by atoms with Crippen molar-refractivity contribution in [3.63, 3.8) is 0 Å². The molecule has 28 heavy (non-hydrogen) atoms. The van der Waals surface area contributed by atoms with Gasteiger partial charge in [-0.25, -0.2) is 0 Å². The lowest BCUT2D eigenvalue weighted by atomic mass is 9.89. The molecule has 2 aromatic carbocycles. The maximum atomic E-state index is 11.2. The number of methoxy groups -OCH3 is 2. The third kappa shape index (κ3) is 3.27. The topological polar surface area (TPSA) is 38.7 Å². The molecule has 0 aromatic heterocycles. The number of hydrogen-bond donors (Lipinski definition) is 1. The lowest BCUT2D eigenvalue weighted by molar-refractivity contribution is 0.378. The lowest BCUT2D eigenvalue weighted by Crippen LogP contribution is -2.05. The number of aliphatic hydroxyl groups is 1. The fourth-order valence-corrected chi connectivity index (χ4v) is 3.61. The highest BCUT2D eigenvalue weighted by molar-refractivity contribution is 5.88. The van der Waals surface area contributed by atoms with Gasteiger partial charge in [-0.3, -0.25) is 0 Å². The second-order valence-electron chi connectivity index (χ2n) is 6.68. The number of rotatable bonds is 5. The average Bonchev–Trinajstić information content (AvgIpc) is 3.43. The van der Waals surface area contributed by atoms with Gasteiger partial charge in [-0.1, -0.05) is 60.7 Å². The molecule has 4 rings (SSSR count). The molecule has 140 valence electrons. The molecular weight excluding hydrogens is 348 g/mol. The standard InChI is InChI=1S/C25H22O3/c1-27-19-13-9-17(10-14-19)21-5-3-7-23(21)25(26)24-8-4-6-22(24)18-11-15-20(28-2)16-12-18/h3-16,23,26H,1-2H3. The zero-order chi connectivity index (χ0) is 19.5. The monoisotopic (exact) mass is 370 g/mol. The molecule has 2 aliphatic carbocycles. The molecule has 0 saturated heterocycles. The molecule has 1 atom stereocenters. The van der Waals surface area contributed by atoms with E-state index in [0.717, 1.165) is 39.3 Å². The van der Waals surface area contributed by atoms with Crippen LogP contribution in [0, 0.1) is 5.92 Å². The molecule has 0 bridgehead atoms. The summed E-state index contributed by atoms with van der Waals surface area (Å²) in [6.07, 6.45) is 12.0. The van der Waals surface area contributed by atoms with Gasteiger partial charge >= 0.3 is 0 Å². The Labute approximate surface area is 165 Å². The Balaban J connectivity index is 1.65. The third-order valence-corrected chi connectivity index (χ3v) is 5.13. The highest BCUT2D eigenvalue weighted by atomic mass is 16.5. The Bertz CT molecular complexity index is 1020. The minimum atomic E-state index is -0.173. The molecule has 0 aliphatic heterocycles. The molecule has 0 saturated carbocycles. The Hall–Kier alpha value is -3.46. The van der Waals surface area contributed by atoms with Crippen LogP contribution in [-0.2, 0) is 0 Å². The maximum absolute atomic E-state index is 11.2. The first-order valence-corrected chi connectivity index (χ1v) is 9.20. The highest BCUT2D eigenvalue weighted by Gasteiger charge is 2.25. The van der Waals surface area contributed by atoms with Crippen LogP contribution >= 0.6 is 0 Å². The molecule has 2 aromatic rings. The first-order chi connectivity index (χ1) is 13.7. The van der Waals surface area contributed by atoms with Crippen molar-refractivity contribution in [3.8, 4) is 11.5 Å². The van der Waals surface area contributed by atoms with E-state index in [9.17, 15) is 5.11 Å². The van der Waals surface area contributed by atoms with Crippen molar-refractivity contribution in [2.24, 2.45) is 5.92 Å². The van der Waals surface area contributed by atoms with Gasteiger partial charge in [-0.15, -0.1) is 0 Å². The van der Waals surface area contributed by atoms with E-state index in [1.54, 1.807) is 14.2 Å². The van der Waals surface area contributed by atoms with Gasteiger partial charge < -0.3 is 14.6 Å². The van der Waals surface area contributed by atoms with E-state index in [0.29, 0.717) is 5.76 Å². The van der Waals surface area contributed by atoms with Crippen LogP contribution in [0.2, 0.25) is 0 Å². The van der Waals surface area contributed by atoms with Crippen LogP contribution in [0.5, 0.6) is 11.5 Å². The second-order valence-corrected chi connectivity index (χ2v) is 6.68. The van der Waals surface area contributed by atoms with Crippen molar-refractivity contribution >= 4 is 11.1 Å². The van der Waals surface area contributed by atoms with Crippen LogP contribution in [0.1, 0.15) is 11.1 Å². The zero-order valence-corrected chi connectivity index (χ0v) is 15.9. The summed E-state index contributed by atoms with van der Waals surface area (Å²) in [4.78, 5) is 0. The van der Waals surface area contributed by atoms with Crippen molar-refractivity contribution in [2.75, 3.05) is 14.2 Å². The number of allylic oxidation sites excluding steroid dienone is 8. The maximum Gasteiger partial charge on any atom is 0.118 e. The quantitative estimate of drug-likeness (QED) is 0.682. The number of aliphatic hydroxyl groups excluding tert-OH is 1. The van der Waals surface area contributed by atoms with Gasteiger partial charge in [0.05, 0.1) is 20.1 Å². The summed E-state index contributed by atoms with van der Waals surface area (Å²) in [7, 11) is 3.31. The first kappa shape index (κ1) is 17.9. The van der Waals surface area contributed by atoms with Crippen molar-refractivity contribution in [3.05, 3.63) is 107 Å².